The number of aliphatic hydroxyl groups is 4. The van der Waals surface area contributed by atoms with Gasteiger partial charge in [-0.1, -0.05) is 39.8 Å². The molecule has 0 radical (unpaired) electrons. The third-order valence-electron chi connectivity index (χ3n) is 19.2. The number of aromatic hydroxyl groups is 1. The van der Waals surface area contributed by atoms with Crippen molar-refractivity contribution in [2.75, 3.05) is 41.9 Å². The number of amides is 1. The molecule has 4 saturated heterocycles. The Morgan fingerprint density at radius 3 is 1.87 bits per heavy atom. The summed E-state index contributed by atoms with van der Waals surface area (Å²) >= 11 is 0. The highest BCUT2D eigenvalue weighted by atomic mass is 16.7. The van der Waals surface area contributed by atoms with Crippen molar-refractivity contribution < 1.29 is 111 Å². The first-order valence-electron chi connectivity index (χ1n) is 30.3. The van der Waals surface area contributed by atoms with Crippen LogP contribution in [0.5, 0.6) is 5.75 Å². The first kappa shape index (κ1) is 70.5. The lowest BCUT2D eigenvalue weighted by atomic mass is 9.54. The Morgan fingerprint density at radius 2 is 1.31 bits per heavy atom. The second-order valence-electron chi connectivity index (χ2n) is 26.0. The molecule has 0 bridgehead atoms. The van der Waals surface area contributed by atoms with Gasteiger partial charge in [-0.25, -0.2) is 0 Å². The van der Waals surface area contributed by atoms with Gasteiger partial charge in [0.1, 0.15) is 41.2 Å². The van der Waals surface area contributed by atoms with Crippen LogP contribution in [0.25, 0.3) is 5.76 Å². The SMILES string of the molecule is CN(C)C1C(=O)C(C(N)=O)=C(O)C2(O)C(=O)C3=C(O)c4c(O)cccc4C(C)(O)C3CC12.COC1CC(OC2C(C)C(=O)OC(C)C(C)C(OC(C)=O)C(C)C(=O)C3(CO3)CC(C)C(OC3OC(C)CC(N(C)C)C3OC(C)=O)C2C)OC(C)C1OC(C)=O. The van der Waals surface area contributed by atoms with Gasteiger partial charge in [-0.3, -0.25) is 43.3 Å². The highest BCUT2D eigenvalue weighted by Gasteiger charge is 2.67. The standard InChI is InChI=1S/C41H67NO15.C22H24N2O8/c1-19-17-41(18-49-41)38(46)23(5)34(53-27(9)43)21(3)25(7)52-39(47)24(6)35(56-32-16-31(48-14)36(26(8)51-32)54-28(10)44)22(4)33(19)57-40-37(55-29(11)45)30(42(12)13)15-20(2)50-40;1-21(31)8-5-4-6-11(25)12(8)16(26)13-9(21)7-10-15(24(2)3)17(27)14(20(23)30)19(29)22(10,32)18(13)28/h19-26,30-37,40H,15-18H2,1-14H3;4-6,9-10,15,25-26,29,31-32H,7H2,1-3H3,(H2,23,30). The second-order valence-corrected chi connectivity index (χ2v) is 26.0. The third-order valence-corrected chi connectivity index (χ3v) is 19.2. The number of ether oxygens (including phenoxy) is 10. The Bertz CT molecular complexity index is 2960. The monoisotopic (exact) mass is 1260 g/mol. The second kappa shape index (κ2) is 27.1. The number of phenols is 1. The average molecular weight is 1260 g/mol. The minimum atomic E-state index is -2.75. The van der Waals surface area contributed by atoms with Crippen LogP contribution in [-0.2, 0) is 91.3 Å². The molecule has 4 heterocycles. The molecule has 1 aromatic carbocycles. The smallest absolute Gasteiger partial charge is 0.311 e. The molecule has 1 aromatic rings. The molecule has 89 heavy (non-hydrogen) atoms. The van der Waals surface area contributed by atoms with Gasteiger partial charge in [0.2, 0.25) is 5.78 Å². The summed E-state index contributed by atoms with van der Waals surface area (Å²) in [6.45, 7) is 19.9. The summed E-state index contributed by atoms with van der Waals surface area (Å²) in [5.41, 5.74) is -1.74. The van der Waals surface area contributed by atoms with Crippen molar-refractivity contribution >= 4 is 52.9 Å². The first-order chi connectivity index (χ1) is 41.4. The van der Waals surface area contributed by atoms with Gasteiger partial charge in [0.25, 0.3) is 5.91 Å². The number of likely N-dealkylation sites (N-methyl/N-ethyl adjacent to an activating group) is 2. The Hall–Kier alpha value is -5.94. The molecule has 4 aliphatic heterocycles. The molecule has 7 N–H and O–H groups in total. The first-order valence-corrected chi connectivity index (χ1v) is 30.3. The van der Waals surface area contributed by atoms with Gasteiger partial charge in [0.05, 0.1) is 66.1 Å². The van der Waals surface area contributed by atoms with Crippen molar-refractivity contribution in [3.63, 3.8) is 0 Å². The van der Waals surface area contributed by atoms with E-state index < -0.39 is 195 Å². The third kappa shape index (κ3) is 13.7. The van der Waals surface area contributed by atoms with Crippen LogP contribution in [0.1, 0.15) is 120 Å². The van der Waals surface area contributed by atoms with E-state index in [0.717, 1.165) is 0 Å². The van der Waals surface area contributed by atoms with Crippen LogP contribution in [0, 0.1) is 41.4 Å². The number of epoxide rings is 1. The van der Waals surface area contributed by atoms with E-state index in [1.54, 1.807) is 34.6 Å². The molecule has 496 valence electrons. The molecular weight excluding hydrogens is 1170 g/mol. The van der Waals surface area contributed by atoms with E-state index in [4.69, 9.17) is 53.1 Å². The van der Waals surface area contributed by atoms with Crippen LogP contribution in [0.2, 0.25) is 0 Å². The number of hydrogen-bond acceptors (Lipinski definition) is 25. The fraction of sp³-hybridized carbons (Fsp3) is 0.714. The zero-order valence-corrected chi connectivity index (χ0v) is 53.9. The number of carbonyl (C=O) groups is 8. The minimum absolute atomic E-state index is 0.162. The number of esters is 4. The van der Waals surface area contributed by atoms with E-state index in [1.807, 2.05) is 39.8 Å². The number of nitrogens with zero attached hydrogens (tertiary/aromatic N) is 2. The van der Waals surface area contributed by atoms with E-state index >= 15 is 0 Å². The van der Waals surface area contributed by atoms with Gasteiger partial charge < -0.3 is 83.5 Å². The lowest BCUT2D eigenvalue weighted by Crippen LogP contribution is -2.67. The fourth-order valence-electron chi connectivity index (χ4n) is 14.4. The summed E-state index contributed by atoms with van der Waals surface area (Å²) in [6.07, 6.45) is -7.55. The van der Waals surface area contributed by atoms with Crippen molar-refractivity contribution in [3.05, 3.63) is 46.2 Å². The summed E-state index contributed by atoms with van der Waals surface area (Å²) in [6, 6.07) is 2.77. The molecule has 7 aliphatic rings. The van der Waals surface area contributed by atoms with Gasteiger partial charge in [-0.05, 0) is 99.6 Å². The molecule has 0 aromatic heterocycles. The number of Topliss-reactive ketones (excluding diaryl/α,β-unsaturated/α-hetero) is 3. The number of ketones is 3. The number of methoxy groups -OCH3 is 1. The Morgan fingerprint density at radius 1 is 0.719 bits per heavy atom. The molecule has 26 heteroatoms. The van der Waals surface area contributed by atoms with Crippen LogP contribution < -0.4 is 5.73 Å². The van der Waals surface area contributed by atoms with Crippen molar-refractivity contribution in [2.24, 2.45) is 47.2 Å². The maximum absolute atomic E-state index is 14.4. The van der Waals surface area contributed by atoms with Gasteiger partial charge in [0, 0.05) is 63.5 Å². The van der Waals surface area contributed by atoms with E-state index in [2.05, 4.69) is 0 Å². The number of primary amides is 1. The van der Waals surface area contributed by atoms with E-state index in [1.165, 1.54) is 72.0 Å². The summed E-state index contributed by atoms with van der Waals surface area (Å²) in [5.74, 6) is -13.6. The molecule has 23 unspecified atom stereocenters. The number of carbonyl (C=O) groups excluding carboxylic acids is 8. The fourth-order valence-corrected chi connectivity index (χ4v) is 14.4. The Balaban J connectivity index is 0.000000296. The number of hydrogen-bond donors (Lipinski definition) is 6. The number of rotatable bonds is 11. The largest absolute Gasteiger partial charge is 0.508 e. The molecule has 1 saturated carbocycles. The van der Waals surface area contributed by atoms with Crippen molar-refractivity contribution in [1.29, 1.82) is 0 Å². The molecule has 1 spiro atoms. The lowest BCUT2D eigenvalue weighted by Gasteiger charge is -2.53. The highest BCUT2D eigenvalue weighted by molar-refractivity contribution is 6.24. The van der Waals surface area contributed by atoms with Crippen LogP contribution in [-0.4, -0.2) is 215 Å². The Labute approximate surface area is 518 Å². The molecule has 3 aliphatic carbocycles. The molecule has 5 fully saturated rings. The van der Waals surface area contributed by atoms with Gasteiger partial charge in [-0.2, -0.15) is 0 Å². The van der Waals surface area contributed by atoms with Crippen LogP contribution in [0.3, 0.4) is 0 Å². The van der Waals surface area contributed by atoms with E-state index in [0.29, 0.717) is 6.42 Å². The number of cyclic esters (lactones) is 1. The molecular formula is C63H91N3O23. The minimum Gasteiger partial charge on any atom is -0.508 e. The normalized spacial score (nSPS) is 40.2. The average Bonchev–Trinajstić information content (AvgIpc) is 1.15. The maximum Gasteiger partial charge on any atom is 0.311 e. The van der Waals surface area contributed by atoms with Crippen LogP contribution in [0.15, 0.2) is 35.1 Å². The quantitative estimate of drug-likeness (QED) is 0.0801. The summed E-state index contributed by atoms with van der Waals surface area (Å²) in [5, 5.41) is 54.9. The highest BCUT2D eigenvalue weighted by Crippen LogP contribution is 2.57. The number of benzene rings is 1. The van der Waals surface area contributed by atoms with Crippen molar-refractivity contribution in [1.82, 2.24) is 9.80 Å². The number of phenolic OH excluding ortho intramolecular Hbond substituents is 1. The van der Waals surface area contributed by atoms with Gasteiger partial charge in [0.15, 0.2) is 47.6 Å². The zero-order valence-electron chi connectivity index (χ0n) is 53.9. The zero-order chi connectivity index (χ0) is 66.6. The predicted octanol–water partition coefficient (Wildman–Crippen LogP) is 3.25. The number of nitrogens with two attached hydrogens (primary N) is 1. The van der Waals surface area contributed by atoms with E-state index in [-0.39, 0.29) is 54.9 Å². The lowest BCUT2D eigenvalue weighted by molar-refractivity contribution is -0.301. The van der Waals surface area contributed by atoms with Crippen LogP contribution >= 0.6 is 0 Å². The maximum atomic E-state index is 14.4. The van der Waals surface area contributed by atoms with Gasteiger partial charge in [-0.15, -0.1) is 0 Å². The van der Waals surface area contributed by atoms with Gasteiger partial charge >= 0.3 is 23.9 Å². The van der Waals surface area contributed by atoms with Crippen LogP contribution in [0.4, 0.5) is 0 Å². The summed E-state index contributed by atoms with van der Waals surface area (Å²) < 4.78 is 61.5. The summed E-state index contributed by atoms with van der Waals surface area (Å²) in [7, 11) is 8.32. The van der Waals surface area contributed by atoms with Crippen molar-refractivity contribution in [3.8, 4) is 5.75 Å². The molecule has 23 atom stereocenters. The summed E-state index contributed by atoms with van der Waals surface area (Å²) in [4.78, 5) is 107. The van der Waals surface area contributed by atoms with Crippen molar-refractivity contribution in [2.45, 2.75) is 205 Å². The molecule has 26 nitrogen and oxygen atoms in total. The number of aliphatic hydroxyl groups excluding tert-OH is 2. The molecule has 1 amide bonds. The molecule has 8 rings (SSSR count). The number of fused-ring (bicyclic) bond motifs is 3. The van der Waals surface area contributed by atoms with E-state index in [9.17, 15) is 63.9 Å². The Kier molecular flexibility index (Phi) is 21.5. The topological polar surface area (TPSA) is 366 Å². The predicted molar refractivity (Wildman–Crippen MR) is 312 cm³/mol.